The number of amides is 2. The fourth-order valence-electron chi connectivity index (χ4n) is 3.73. The molecule has 1 aromatic heterocycles. The van der Waals surface area contributed by atoms with Crippen molar-refractivity contribution in [3.63, 3.8) is 0 Å². The quantitative estimate of drug-likeness (QED) is 0.815. The standard InChI is InChI=1S/C21H30N4O2/c1-17-13-23-20(16-27-2)25(17)15-19-9-6-12-24(14-19)21(26)22-11-10-18-7-4-3-5-8-18/h3-5,7-8,13,19H,6,9-12,14-16H2,1-2H3,(H,22,26). The summed E-state index contributed by atoms with van der Waals surface area (Å²) in [6, 6.07) is 10.3. The lowest BCUT2D eigenvalue weighted by atomic mass is 9.98. The molecule has 2 amide bonds. The molecular weight excluding hydrogens is 340 g/mol. The molecule has 3 rings (SSSR count). The van der Waals surface area contributed by atoms with Crippen LogP contribution >= 0.6 is 0 Å². The van der Waals surface area contributed by atoms with Crippen LogP contribution in [-0.2, 0) is 24.3 Å². The maximum absolute atomic E-state index is 12.5. The number of methoxy groups -OCH3 is 1. The van der Waals surface area contributed by atoms with Crippen LogP contribution in [0.2, 0.25) is 0 Å². The van der Waals surface area contributed by atoms with Crippen molar-refractivity contribution in [3.8, 4) is 0 Å². The lowest BCUT2D eigenvalue weighted by Crippen LogP contribution is -2.46. The number of benzene rings is 1. The van der Waals surface area contributed by atoms with E-state index in [4.69, 9.17) is 4.74 Å². The second kappa shape index (κ2) is 9.55. The highest BCUT2D eigenvalue weighted by Gasteiger charge is 2.24. The van der Waals surface area contributed by atoms with E-state index in [0.717, 1.165) is 50.4 Å². The molecule has 0 aliphatic carbocycles. The largest absolute Gasteiger partial charge is 0.377 e. The van der Waals surface area contributed by atoms with Crippen LogP contribution < -0.4 is 5.32 Å². The first-order valence-corrected chi connectivity index (χ1v) is 9.74. The van der Waals surface area contributed by atoms with Gasteiger partial charge in [0.2, 0.25) is 0 Å². The molecule has 1 unspecified atom stereocenters. The van der Waals surface area contributed by atoms with Gasteiger partial charge in [-0.25, -0.2) is 9.78 Å². The SMILES string of the molecule is COCc1ncc(C)n1CC1CCCN(C(=O)NCCc2ccccc2)C1. The summed E-state index contributed by atoms with van der Waals surface area (Å²) in [5.41, 5.74) is 2.39. The average Bonchev–Trinajstić information content (AvgIpc) is 3.03. The number of imidazole rings is 1. The van der Waals surface area contributed by atoms with E-state index in [1.807, 2.05) is 29.3 Å². The van der Waals surface area contributed by atoms with Gasteiger partial charge in [0.1, 0.15) is 12.4 Å². The van der Waals surface area contributed by atoms with Gasteiger partial charge in [0.15, 0.2) is 0 Å². The molecule has 0 radical (unpaired) electrons. The highest BCUT2D eigenvalue weighted by molar-refractivity contribution is 5.74. The minimum Gasteiger partial charge on any atom is -0.377 e. The van der Waals surface area contributed by atoms with Gasteiger partial charge in [-0.2, -0.15) is 0 Å². The number of carbonyl (C=O) groups is 1. The third-order valence-electron chi connectivity index (χ3n) is 5.19. The van der Waals surface area contributed by atoms with E-state index in [1.54, 1.807) is 7.11 Å². The highest BCUT2D eigenvalue weighted by Crippen LogP contribution is 2.20. The summed E-state index contributed by atoms with van der Waals surface area (Å²) in [5.74, 6) is 1.40. The van der Waals surface area contributed by atoms with Gasteiger partial charge in [0, 0.05) is 45.2 Å². The number of aromatic nitrogens is 2. The zero-order valence-corrected chi connectivity index (χ0v) is 16.4. The summed E-state index contributed by atoms with van der Waals surface area (Å²) in [7, 11) is 1.69. The Morgan fingerprint density at radius 2 is 2.15 bits per heavy atom. The molecule has 1 fully saturated rings. The van der Waals surface area contributed by atoms with Crippen molar-refractivity contribution in [1.29, 1.82) is 0 Å². The van der Waals surface area contributed by atoms with Crippen LogP contribution in [0.4, 0.5) is 4.79 Å². The fraction of sp³-hybridized carbons (Fsp3) is 0.524. The molecule has 1 aromatic carbocycles. The summed E-state index contributed by atoms with van der Waals surface area (Å²) >= 11 is 0. The van der Waals surface area contributed by atoms with Gasteiger partial charge in [-0.3, -0.25) is 0 Å². The molecule has 6 nitrogen and oxygen atoms in total. The third-order valence-corrected chi connectivity index (χ3v) is 5.19. The maximum atomic E-state index is 12.5. The molecule has 6 heteroatoms. The average molecular weight is 370 g/mol. The van der Waals surface area contributed by atoms with Crippen molar-refractivity contribution < 1.29 is 9.53 Å². The number of carbonyl (C=O) groups excluding carboxylic acids is 1. The second-order valence-electron chi connectivity index (χ2n) is 7.28. The Morgan fingerprint density at radius 1 is 1.33 bits per heavy atom. The van der Waals surface area contributed by atoms with Gasteiger partial charge in [-0.1, -0.05) is 30.3 Å². The number of likely N-dealkylation sites (tertiary alicyclic amines) is 1. The third kappa shape index (κ3) is 5.32. The van der Waals surface area contributed by atoms with Crippen LogP contribution in [0.5, 0.6) is 0 Å². The summed E-state index contributed by atoms with van der Waals surface area (Å²) in [6.45, 7) is 5.77. The number of nitrogens with zero attached hydrogens (tertiary/aromatic N) is 3. The molecule has 0 bridgehead atoms. The van der Waals surface area contributed by atoms with Crippen LogP contribution in [-0.4, -0.2) is 47.2 Å². The number of nitrogens with one attached hydrogen (secondary N) is 1. The molecule has 1 N–H and O–H groups in total. The molecule has 1 atom stereocenters. The molecule has 0 saturated carbocycles. The molecule has 2 aromatic rings. The lowest BCUT2D eigenvalue weighted by molar-refractivity contribution is 0.152. The van der Waals surface area contributed by atoms with Gasteiger partial charge in [0.05, 0.1) is 0 Å². The first-order valence-electron chi connectivity index (χ1n) is 9.74. The van der Waals surface area contributed by atoms with Gasteiger partial charge < -0.3 is 19.5 Å². The van der Waals surface area contributed by atoms with E-state index in [2.05, 4.69) is 33.9 Å². The number of rotatable bonds is 7. The Kier molecular flexibility index (Phi) is 6.87. The summed E-state index contributed by atoms with van der Waals surface area (Å²) < 4.78 is 7.48. The predicted octanol–water partition coefficient (Wildman–Crippen LogP) is 3.00. The molecule has 1 aliphatic heterocycles. The van der Waals surface area contributed by atoms with E-state index in [-0.39, 0.29) is 6.03 Å². The van der Waals surface area contributed by atoms with Crippen molar-refractivity contribution in [3.05, 3.63) is 53.6 Å². The van der Waals surface area contributed by atoms with Crippen molar-refractivity contribution in [2.24, 2.45) is 5.92 Å². The molecule has 1 saturated heterocycles. The number of aryl methyl sites for hydroxylation is 1. The van der Waals surface area contributed by atoms with Gasteiger partial charge in [-0.15, -0.1) is 0 Å². The number of hydrogen-bond acceptors (Lipinski definition) is 3. The number of piperidine rings is 1. The maximum Gasteiger partial charge on any atom is 0.317 e. The Bertz CT molecular complexity index is 729. The Labute approximate surface area is 161 Å². The Morgan fingerprint density at radius 3 is 2.93 bits per heavy atom. The van der Waals surface area contributed by atoms with E-state index < -0.39 is 0 Å². The van der Waals surface area contributed by atoms with E-state index in [1.165, 1.54) is 5.56 Å². The first kappa shape index (κ1) is 19.4. The number of urea groups is 1. The van der Waals surface area contributed by atoms with Gasteiger partial charge in [-0.05, 0) is 37.7 Å². The van der Waals surface area contributed by atoms with Crippen molar-refractivity contribution >= 4 is 6.03 Å². The van der Waals surface area contributed by atoms with Crippen LogP contribution in [0.1, 0.15) is 29.9 Å². The summed E-state index contributed by atoms with van der Waals surface area (Å²) in [4.78, 5) is 18.9. The summed E-state index contributed by atoms with van der Waals surface area (Å²) in [6.07, 6.45) is 4.94. The van der Waals surface area contributed by atoms with Crippen molar-refractivity contribution in [2.45, 2.75) is 39.3 Å². The molecule has 0 spiro atoms. The van der Waals surface area contributed by atoms with Gasteiger partial charge >= 0.3 is 6.03 Å². The fourth-order valence-corrected chi connectivity index (χ4v) is 3.73. The first-order chi connectivity index (χ1) is 13.2. The molecule has 1 aliphatic rings. The minimum atomic E-state index is 0.0510. The topological polar surface area (TPSA) is 59.4 Å². The Hall–Kier alpha value is -2.34. The zero-order chi connectivity index (χ0) is 19.1. The van der Waals surface area contributed by atoms with E-state index in [0.29, 0.717) is 19.1 Å². The lowest BCUT2D eigenvalue weighted by Gasteiger charge is -2.33. The van der Waals surface area contributed by atoms with Crippen molar-refractivity contribution in [1.82, 2.24) is 19.8 Å². The monoisotopic (exact) mass is 370 g/mol. The summed E-state index contributed by atoms with van der Waals surface area (Å²) in [5, 5.41) is 3.07. The number of ether oxygens (including phenoxy) is 1. The predicted molar refractivity (Wildman–Crippen MR) is 106 cm³/mol. The van der Waals surface area contributed by atoms with Crippen molar-refractivity contribution in [2.75, 3.05) is 26.7 Å². The zero-order valence-electron chi connectivity index (χ0n) is 16.4. The molecule has 146 valence electrons. The normalized spacial score (nSPS) is 17.1. The smallest absolute Gasteiger partial charge is 0.317 e. The minimum absolute atomic E-state index is 0.0510. The van der Waals surface area contributed by atoms with Crippen LogP contribution in [0.3, 0.4) is 0 Å². The second-order valence-corrected chi connectivity index (χ2v) is 7.28. The molecule has 27 heavy (non-hydrogen) atoms. The number of hydrogen-bond donors (Lipinski definition) is 1. The Balaban J connectivity index is 1.50. The van der Waals surface area contributed by atoms with Crippen LogP contribution in [0.25, 0.3) is 0 Å². The van der Waals surface area contributed by atoms with Crippen LogP contribution in [0, 0.1) is 12.8 Å². The molecular formula is C21H30N4O2. The van der Waals surface area contributed by atoms with E-state index in [9.17, 15) is 4.79 Å². The van der Waals surface area contributed by atoms with E-state index >= 15 is 0 Å². The molecule has 2 heterocycles. The van der Waals surface area contributed by atoms with Crippen LogP contribution in [0.15, 0.2) is 36.5 Å². The highest BCUT2D eigenvalue weighted by atomic mass is 16.5. The van der Waals surface area contributed by atoms with Gasteiger partial charge in [0.25, 0.3) is 0 Å².